The van der Waals surface area contributed by atoms with Gasteiger partial charge < -0.3 is 4.42 Å². The second-order valence-corrected chi connectivity index (χ2v) is 4.02. The molecule has 17 heavy (non-hydrogen) atoms. The molecule has 0 atom stereocenters. The van der Waals surface area contributed by atoms with Crippen molar-refractivity contribution in [3.05, 3.63) is 46.9 Å². The number of halogens is 1. The smallest absolute Gasteiger partial charge is 0.170 e. The van der Waals surface area contributed by atoms with Gasteiger partial charge in [0.1, 0.15) is 10.3 Å². The van der Waals surface area contributed by atoms with Crippen molar-refractivity contribution in [3.8, 4) is 11.5 Å². The highest BCUT2D eigenvalue weighted by atomic mass is 32.1. The van der Waals surface area contributed by atoms with E-state index in [1.165, 1.54) is 6.07 Å². The molecule has 0 bridgehead atoms. The lowest BCUT2D eigenvalue weighted by molar-refractivity contribution is 0.567. The molecule has 0 spiro atoms. The molecule has 0 saturated carbocycles. The number of hydrogen-bond acceptors (Lipinski definition) is 3. The SMILES string of the molecule is Fc1cccc2cc(-c3ccc(=S)[nH]n3)oc12. The Morgan fingerprint density at radius 3 is 2.82 bits per heavy atom. The van der Waals surface area contributed by atoms with Gasteiger partial charge >= 0.3 is 0 Å². The van der Waals surface area contributed by atoms with Crippen LogP contribution in [0.5, 0.6) is 0 Å². The molecule has 1 aromatic carbocycles. The van der Waals surface area contributed by atoms with E-state index in [2.05, 4.69) is 10.2 Å². The number of aromatic nitrogens is 2. The number of nitrogens with one attached hydrogen (secondary N) is 1. The molecular formula is C12H7FN2OS. The Balaban J connectivity index is 2.21. The van der Waals surface area contributed by atoms with Gasteiger partial charge in [-0.2, -0.15) is 5.10 Å². The maximum Gasteiger partial charge on any atom is 0.170 e. The van der Waals surface area contributed by atoms with E-state index < -0.39 is 0 Å². The quantitative estimate of drug-likeness (QED) is 0.666. The summed E-state index contributed by atoms with van der Waals surface area (Å²) in [4.78, 5) is 0. The summed E-state index contributed by atoms with van der Waals surface area (Å²) in [7, 11) is 0. The van der Waals surface area contributed by atoms with Crippen molar-refractivity contribution in [1.29, 1.82) is 0 Å². The van der Waals surface area contributed by atoms with Crippen molar-refractivity contribution < 1.29 is 8.81 Å². The zero-order valence-electron chi connectivity index (χ0n) is 8.61. The van der Waals surface area contributed by atoms with E-state index in [1.807, 2.05) is 0 Å². The van der Waals surface area contributed by atoms with E-state index in [9.17, 15) is 4.39 Å². The predicted molar refractivity (Wildman–Crippen MR) is 64.6 cm³/mol. The number of para-hydroxylation sites is 1. The Morgan fingerprint density at radius 1 is 1.24 bits per heavy atom. The van der Waals surface area contributed by atoms with Crippen LogP contribution in [-0.2, 0) is 0 Å². The molecule has 0 unspecified atom stereocenters. The van der Waals surface area contributed by atoms with Crippen LogP contribution in [0.25, 0.3) is 22.4 Å². The lowest BCUT2D eigenvalue weighted by atomic mass is 10.2. The normalized spacial score (nSPS) is 10.9. The number of hydrogen-bond donors (Lipinski definition) is 1. The number of rotatable bonds is 1. The second-order valence-electron chi connectivity index (χ2n) is 3.58. The van der Waals surface area contributed by atoms with Gasteiger partial charge in [-0.1, -0.05) is 24.4 Å². The average molecular weight is 246 g/mol. The van der Waals surface area contributed by atoms with Gasteiger partial charge in [0.05, 0.1) is 0 Å². The van der Waals surface area contributed by atoms with Gasteiger partial charge in [-0.25, -0.2) is 4.39 Å². The number of aromatic amines is 1. The zero-order chi connectivity index (χ0) is 11.8. The third-order valence-electron chi connectivity index (χ3n) is 2.43. The molecule has 0 radical (unpaired) electrons. The summed E-state index contributed by atoms with van der Waals surface area (Å²) < 4.78 is 19.4. The lowest BCUT2D eigenvalue weighted by Gasteiger charge is -1.93. The van der Waals surface area contributed by atoms with Crippen molar-refractivity contribution >= 4 is 23.2 Å². The highest BCUT2D eigenvalue weighted by Crippen LogP contribution is 2.27. The molecule has 0 fully saturated rings. The van der Waals surface area contributed by atoms with Gasteiger partial charge in [-0.15, -0.1) is 0 Å². The number of nitrogens with zero attached hydrogens (tertiary/aromatic N) is 1. The maximum atomic E-state index is 13.4. The zero-order valence-corrected chi connectivity index (χ0v) is 9.42. The van der Waals surface area contributed by atoms with Crippen LogP contribution in [-0.4, -0.2) is 10.2 Å². The van der Waals surface area contributed by atoms with Crippen LogP contribution < -0.4 is 0 Å². The summed E-state index contributed by atoms with van der Waals surface area (Å²) >= 11 is 4.90. The van der Waals surface area contributed by atoms with Gasteiger partial charge in [0.2, 0.25) is 0 Å². The Hall–Kier alpha value is -2.01. The highest BCUT2D eigenvalue weighted by Gasteiger charge is 2.10. The van der Waals surface area contributed by atoms with Gasteiger partial charge in [0.25, 0.3) is 0 Å². The third-order valence-corrected chi connectivity index (χ3v) is 2.66. The molecule has 2 heterocycles. The summed E-state index contributed by atoms with van der Waals surface area (Å²) in [5.74, 6) is 0.133. The fourth-order valence-corrected chi connectivity index (χ4v) is 1.75. The van der Waals surface area contributed by atoms with Crippen LogP contribution in [0.3, 0.4) is 0 Å². The minimum absolute atomic E-state index is 0.242. The molecule has 0 amide bonds. The molecule has 0 aliphatic heterocycles. The van der Waals surface area contributed by atoms with Crippen LogP contribution in [0.1, 0.15) is 0 Å². The summed E-state index contributed by atoms with van der Waals surface area (Å²) in [5.41, 5.74) is 0.834. The first-order chi connectivity index (χ1) is 8.24. The first kappa shape index (κ1) is 10.2. The lowest BCUT2D eigenvalue weighted by Crippen LogP contribution is -1.84. The van der Waals surface area contributed by atoms with E-state index >= 15 is 0 Å². The molecular weight excluding hydrogens is 239 g/mol. The molecule has 3 nitrogen and oxygen atoms in total. The topological polar surface area (TPSA) is 41.8 Å². The van der Waals surface area contributed by atoms with Gasteiger partial charge in [-0.3, -0.25) is 5.10 Å². The standard InChI is InChI=1S/C12H7FN2OS/c13-8-3-1-2-7-6-10(16-12(7)8)9-4-5-11(17)15-14-9/h1-6H,(H,15,17). The largest absolute Gasteiger partial charge is 0.451 e. The minimum atomic E-state index is -0.377. The third kappa shape index (κ3) is 1.74. The van der Waals surface area contributed by atoms with E-state index in [0.717, 1.165) is 0 Å². The molecule has 0 saturated heterocycles. The summed E-state index contributed by atoms with van der Waals surface area (Å²) in [6, 6.07) is 9.98. The van der Waals surface area contributed by atoms with Crippen molar-refractivity contribution in [1.82, 2.24) is 10.2 Å². The molecule has 2 aromatic heterocycles. The van der Waals surface area contributed by atoms with Crippen LogP contribution in [0.15, 0.2) is 40.8 Å². The maximum absolute atomic E-state index is 13.4. The number of H-pyrrole nitrogens is 1. The minimum Gasteiger partial charge on any atom is -0.451 e. The van der Waals surface area contributed by atoms with Crippen LogP contribution in [0.2, 0.25) is 0 Å². The molecule has 3 aromatic rings. The van der Waals surface area contributed by atoms with Crippen molar-refractivity contribution in [2.75, 3.05) is 0 Å². The van der Waals surface area contributed by atoms with E-state index in [1.54, 1.807) is 30.3 Å². The van der Waals surface area contributed by atoms with Crippen molar-refractivity contribution in [2.24, 2.45) is 0 Å². The number of furan rings is 1. The van der Waals surface area contributed by atoms with Crippen molar-refractivity contribution in [2.45, 2.75) is 0 Å². The number of fused-ring (bicyclic) bond motifs is 1. The molecule has 0 aliphatic carbocycles. The molecule has 5 heteroatoms. The van der Waals surface area contributed by atoms with Gasteiger partial charge in [0, 0.05) is 5.39 Å². The van der Waals surface area contributed by atoms with Crippen LogP contribution in [0, 0.1) is 10.5 Å². The summed E-state index contributed by atoms with van der Waals surface area (Å²) in [6.45, 7) is 0. The summed E-state index contributed by atoms with van der Waals surface area (Å²) in [6.07, 6.45) is 0. The van der Waals surface area contributed by atoms with Crippen LogP contribution in [0.4, 0.5) is 4.39 Å². The predicted octanol–water partition coefficient (Wildman–Crippen LogP) is 3.69. The number of benzene rings is 1. The van der Waals surface area contributed by atoms with Crippen molar-refractivity contribution in [3.63, 3.8) is 0 Å². The van der Waals surface area contributed by atoms with Gasteiger partial charge in [0.15, 0.2) is 17.2 Å². The average Bonchev–Trinajstić information content (AvgIpc) is 2.75. The molecule has 1 N–H and O–H groups in total. The Bertz CT molecular complexity index is 727. The molecule has 84 valence electrons. The van der Waals surface area contributed by atoms with E-state index in [4.69, 9.17) is 16.6 Å². The monoisotopic (exact) mass is 246 g/mol. The first-order valence-electron chi connectivity index (χ1n) is 4.98. The fraction of sp³-hybridized carbons (Fsp3) is 0. The van der Waals surface area contributed by atoms with Crippen LogP contribution >= 0.6 is 12.2 Å². The summed E-state index contributed by atoms with van der Waals surface area (Å²) in [5, 5.41) is 7.41. The van der Waals surface area contributed by atoms with E-state index in [-0.39, 0.29) is 11.4 Å². The Kier molecular flexibility index (Phi) is 2.26. The first-order valence-corrected chi connectivity index (χ1v) is 5.39. The Labute approximate surface area is 101 Å². The highest BCUT2D eigenvalue weighted by molar-refractivity contribution is 7.71. The Morgan fingerprint density at radius 2 is 2.12 bits per heavy atom. The fourth-order valence-electron chi connectivity index (χ4n) is 1.64. The second kappa shape index (κ2) is 3.78. The molecule has 0 aliphatic rings. The van der Waals surface area contributed by atoms with E-state index in [0.29, 0.717) is 21.5 Å². The molecule has 3 rings (SSSR count). The van der Waals surface area contributed by atoms with Gasteiger partial charge in [-0.05, 0) is 24.3 Å².